The van der Waals surface area contributed by atoms with Gasteiger partial charge in [0.05, 0.1) is 22.9 Å². The fourth-order valence-corrected chi connectivity index (χ4v) is 5.38. The van der Waals surface area contributed by atoms with E-state index in [0.717, 1.165) is 35.7 Å². The number of ether oxygens (including phenoxy) is 1. The summed E-state index contributed by atoms with van der Waals surface area (Å²) in [5.74, 6) is -0.915. The van der Waals surface area contributed by atoms with Gasteiger partial charge in [0, 0.05) is 49.2 Å². The Morgan fingerprint density at radius 3 is 2.71 bits per heavy atom. The van der Waals surface area contributed by atoms with Crippen LogP contribution in [0.2, 0.25) is 0 Å². The molecule has 4 heterocycles. The van der Waals surface area contributed by atoms with Gasteiger partial charge in [-0.1, -0.05) is 6.07 Å². The third kappa shape index (κ3) is 5.64. The molecular weight excluding hydrogens is 528 g/mol. The van der Waals surface area contributed by atoms with Crippen LogP contribution in [0.15, 0.2) is 59.1 Å². The molecule has 3 N–H and O–H groups in total. The number of rotatable bonds is 6. The molecule has 0 spiro atoms. The Hall–Kier alpha value is -4.33. The Labute approximate surface area is 235 Å². The van der Waals surface area contributed by atoms with Crippen molar-refractivity contribution < 1.29 is 22.7 Å². The molecule has 2 aliphatic rings. The molecule has 0 radical (unpaired) electrons. The molecule has 0 aliphatic carbocycles. The second-order valence-electron chi connectivity index (χ2n) is 10.4. The van der Waals surface area contributed by atoms with Gasteiger partial charge in [0.1, 0.15) is 29.3 Å². The summed E-state index contributed by atoms with van der Waals surface area (Å²) < 4.78 is 40.9. The van der Waals surface area contributed by atoms with E-state index < -0.39 is 23.9 Å². The Morgan fingerprint density at radius 1 is 1.07 bits per heavy atom. The number of halogens is 2. The summed E-state index contributed by atoms with van der Waals surface area (Å²) in [5, 5.41) is 18.9. The lowest BCUT2D eigenvalue weighted by Gasteiger charge is -2.27. The van der Waals surface area contributed by atoms with Crippen molar-refractivity contribution in [3.8, 4) is 28.5 Å². The van der Waals surface area contributed by atoms with Crippen molar-refractivity contribution in [2.45, 2.75) is 37.5 Å². The van der Waals surface area contributed by atoms with Gasteiger partial charge in [-0.05, 0) is 67.8 Å². The van der Waals surface area contributed by atoms with Gasteiger partial charge in [-0.25, -0.2) is 8.78 Å². The molecule has 10 heteroatoms. The average Bonchev–Trinajstić information content (AvgIpc) is 3.43. The van der Waals surface area contributed by atoms with E-state index in [0.29, 0.717) is 42.8 Å². The number of hydrogen-bond acceptors (Lipinski definition) is 7. The Balaban J connectivity index is 1.26. The van der Waals surface area contributed by atoms with Crippen molar-refractivity contribution in [2.75, 3.05) is 31.6 Å². The highest BCUT2D eigenvalue weighted by molar-refractivity contribution is 5.96. The van der Waals surface area contributed by atoms with Gasteiger partial charge in [0.25, 0.3) is 5.91 Å². The highest BCUT2D eigenvalue weighted by Gasteiger charge is 2.27. The quantitative estimate of drug-likeness (QED) is 0.299. The van der Waals surface area contributed by atoms with Gasteiger partial charge in [-0.2, -0.15) is 5.26 Å². The molecule has 2 aromatic carbocycles. The van der Waals surface area contributed by atoms with Crippen LogP contribution in [-0.2, 0) is 4.74 Å². The van der Waals surface area contributed by atoms with Crippen LogP contribution in [0.25, 0.3) is 33.6 Å². The van der Waals surface area contributed by atoms with Crippen molar-refractivity contribution >= 4 is 22.7 Å². The van der Waals surface area contributed by atoms with E-state index in [1.165, 1.54) is 12.1 Å². The smallest absolute Gasteiger partial charge is 0.251 e. The van der Waals surface area contributed by atoms with Crippen LogP contribution in [0.4, 0.5) is 14.5 Å². The standard InChI is InChI=1S/C31H29F2N5O3/c32-24-14-19(31(39)38-27-6-9-35-17-25(27)33)1-3-23(24)29-15-28-30(41-29)22(5-10-36-28)18-2-4-26(20(13-18)16-34)37-21-7-11-40-12-8-21/h1-5,10,13-15,21,25,27,35,37H,6-9,11-12,17H2,(H,38,39). The number of nitrogens with zero attached hydrogens (tertiary/aromatic N) is 2. The van der Waals surface area contributed by atoms with E-state index in [1.807, 2.05) is 12.1 Å². The predicted octanol–water partition coefficient (Wildman–Crippen LogP) is 5.19. The van der Waals surface area contributed by atoms with Crippen LogP contribution >= 0.6 is 0 Å². The number of carbonyl (C=O) groups excluding carboxylic acids is 1. The first-order valence-electron chi connectivity index (χ1n) is 13.7. The normalized spacial score (nSPS) is 19.5. The van der Waals surface area contributed by atoms with Crippen LogP contribution in [-0.4, -0.2) is 55.4 Å². The first-order valence-corrected chi connectivity index (χ1v) is 13.7. The molecule has 2 aromatic heterocycles. The molecular formula is C31H29F2N5O3. The van der Waals surface area contributed by atoms with Crippen molar-refractivity contribution in [3.05, 3.63) is 71.7 Å². The third-order valence-corrected chi connectivity index (χ3v) is 7.67. The van der Waals surface area contributed by atoms with E-state index in [9.17, 15) is 14.4 Å². The maximum atomic E-state index is 15.2. The number of nitrogens with one attached hydrogen (secondary N) is 3. The number of aromatic nitrogens is 1. The Morgan fingerprint density at radius 2 is 1.93 bits per heavy atom. The minimum atomic E-state index is -1.20. The van der Waals surface area contributed by atoms with Crippen molar-refractivity contribution in [1.29, 1.82) is 5.26 Å². The van der Waals surface area contributed by atoms with E-state index in [1.54, 1.807) is 24.4 Å². The van der Waals surface area contributed by atoms with Crippen LogP contribution in [0.3, 0.4) is 0 Å². The molecule has 4 aromatic rings. The predicted molar refractivity (Wildman–Crippen MR) is 151 cm³/mol. The molecule has 2 unspecified atom stereocenters. The zero-order valence-electron chi connectivity index (χ0n) is 22.3. The molecule has 6 rings (SSSR count). The van der Waals surface area contributed by atoms with E-state index in [2.05, 4.69) is 27.0 Å². The van der Waals surface area contributed by atoms with E-state index >= 15 is 4.39 Å². The van der Waals surface area contributed by atoms with E-state index in [-0.39, 0.29) is 29.5 Å². The first-order chi connectivity index (χ1) is 20.0. The van der Waals surface area contributed by atoms with Gasteiger partial charge in [0.15, 0.2) is 5.58 Å². The van der Waals surface area contributed by atoms with Crippen molar-refractivity contribution in [1.82, 2.24) is 15.6 Å². The lowest BCUT2D eigenvalue weighted by Crippen LogP contribution is -2.50. The maximum Gasteiger partial charge on any atom is 0.251 e. The molecule has 0 bridgehead atoms. The summed E-state index contributed by atoms with van der Waals surface area (Å²) in [6.07, 6.45) is 2.67. The summed E-state index contributed by atoms with van der Waals surface area (Å²) in [4.78, 5) is 17.0. The lowest BCUT2D eigenvalue weighted by atomic mass is 10.0. The topological polar surface area (TPSA) is 112 Å². The fraction of sp³-hybridized carbons (Fsp3) is 0.323. The maximum absolute atomic E-state index is 15.2. The summed E-state index contributed by atoms with van der Waals surface area (Å²) in [5.41, 5.74) is 4.02. The zero-order valence-corrected chi connectivity index (χ0v) is 22.3. The minimum absolute atomic E-state index is 0.102. The molecule has 41 heavy (non-hydrogen) atoms. The number of carbonyl (C=O) groups is 1. The summed E-state index contributed by atoms with van der Waals surface area (Å²) in [6.45, 7) is 2.18. The SMILES string of the molecule is N#Cc1cc(-c2ccnc3cc(-c4ccc(C(=O)NC5CCNCC5F)cc4F)oc23)ccc1NC1CCOCC1. The van der Waals surface area contributed by atoms with Gasteiger partial charge >= 0.3 is 0 Å². The number of amides is 1. The molecule has 210 valence electrons. The van der Waals surface area contributed by atoms with Gasteiger partial charge < -0.3 is 25.1 Å². The van der Waals surface area contributed by atoms with Crippen molar-refractivity contribution in [3.63, 3.8) is 0 Å². The molecule has 2 aliphatic heterocycles. The number of nitriles is 1. The van der Waals surface area contributed by atoms with Crippen LogP contribution in [0, 0.1) is 17.1 Å². The molecule has 2 atom stereocenters. The number of pyridine rings is 1. The fourth-order valence-electron chi connectivity index (χ4n) is 5.38. The second-order valence-corrected chi connectivity index (χ2v) is 10.4. The van der Waals surface area contributed by atoms with Gasteiger partial charge in [-0.3, -0.25) is 9.78 Å². The summed E-state index contributed by atoms with van der Waals surface area (Å²) in [6, 6.07) is 15.1. The van der Waals surface area contributed by atoms with Crippen LogP contribution < -0.4 is 16.0 Å². The highest BCUT2D eigenvalue weighted by Crippen LogP contribution is 2.36. The number of furan rings is 1. The first kappa shape index (κ1) is 26.9. The molecule has 2 saturated heterocycles. The van der Waals surface area contributed by atoms with Gasteiger partial charge in [0.2, 0.25) is 0 Å². The monoisotopic (exact) mass is 557 g/mol. The van der Waals surface area contributed by atoms with Gasteiger partial charge in [-0.15, -0.1) is 0 Å². The number of fused-ring (bicyclic) bond motifs is 1. The second kappa shape index (κ2) is 11.6. The largest absolute Gasteiger partial charge is 0.454 e. The highest BCUT2D eigenvalue weighted by atomic mass is 19.1. The van der Waals surface area contributed by atoms with E-state index in [4.69, 9.17) is 9.15 Å². The van der Waals surface area contributed by atoms with Crippen LogP contribution in [0.5, 0.6) is 0 Å². The molecule has 1 amide bonds. The van der Waals surface area contributed by atoms with Crippen LogP contribution in [0.1, 0.15) is 35.2 Å². The summed E-state index contributed by atoms with van der Waals surface area (Å²) >= 11 is 0. The number of anilines is 1. The molecule has 0 saturated carbocycles. The molecule has 2 fully saturated rings. The Kier molecular flexibility index (Phi) is 7.63. The third-order valence-electron chi connectivity index (χ3n) is 7.67. The number of benzene rings is 2. The number of hydrogen-bond donors (Lipinski definition) is 3. The minimum Gasteiger partial charge on any atom is -0.454 e. The van der Waals surface area contributed by atoms with Crippen molar-refractivity contribution in [2.24, 2.45) is 0 Å². The number of piperidine rings is 1. The lowest BCUT2D eigenvalue weighted by molar-refractivity contribution is 0.0891. The summed E-state index contributed by atoms with van der Waals surface area (Å²) in [7, 11) is 0. The average molecular weight is 558 g/mol. The number of alkyl halides is 1. The zero-order chi connectivity index (χ0) is 28.3. The molecule has 8 nitrogen and oxygen atoms in total. The Bertz CT molecular complexity index is 1630.